The van der Waals surface area contributed by atoms with Crippen molar-refractivity contribution in [3.8, 4) is 0 Å². The van der Waals surface area contributed by atoms with E-state index < -0.39 is 6.10 Å². The first-order valence-electron chi connectivity index (χ1n) is 6.38. The maximum absolute atomic E-state index is 12.2. The van der Waals surface area contributed by atoms with Crippen LogP contribution < -0.4 is 0 Å². The summed E-state index contributed by atoms with van der Waals surface area (Å²) in [5.41, 5.74) is 1.32. The Bertz CT molecular complexity index is 471. The van der Waals surface area contributed by atoms with Gasteiger partial charge in [0, 0.05) is 4.88 Å². The molecule has 1 aliphatic carbocycles. The van der Waals surface area contributed by atoms with Crippen molar-refractivity contribution in [1.29, 1.82) is 0 Å². The fraction of sp³-hybridized carbons (Fsp3) is 0.615. The van der Waals surface area contributed by atoms with Crippen molar-refractivity contribution in [2.24, 2.45) is 5.92 Å². The molecule has 5 heteroatoms. The molecule has 1 aromatic rings. The Hall–Kier alpha value is -0.910. The van der Waals surface area contributed by atoms with Crippen LogP contribution in [-0.4, -0.2) is 35.3 Å². The number of nitrogens with zero attached hydrogens (tertiary/aromatic N) is 1. The molecule has 0 radical (unpaired) electrons. The highest BCUT2D eigenvalue weighted by atomic mass is 32.1. The first-order chi connectivity index (χ1) is 8.63. The molecule has 1 saturated heterocycles. The van der Waals surface area contributed by atoms with Gasteiger partial charge in [0.1, 0.15) is 12.7 Å². The predicted octanol–water partition coefficient (Wildman–Crippen LogP) is 1.62. The number of aryl methyl sites for hydroxylation is 1. The second-order valence-corrected chi connectivity index (χ2v) is 6.36. The highest BCUT2D eigenvalue weighted by Crippen LogP contribution is 2.33. The molecular weight excluding hydrogens is 250 g/mol. The summed E-state index contributed by atoms with van der Waals surface area (Å²) in [4.78, 5) is 19.4. The van der Waals surface area contributed by atoms with E-state index in [4.69, 9.17) is 4.84 Å². The van der Waals surface area contributed by atoms with Crippen LogP contribution in [0.1, 0.15) is 33.5 Å². The SMILES string of the molecule is CC1CCc2sc(C(=O)N3C[C@H](O)CO3)cc2C1. The molecule has 2 aliphatic rings. The van der Waals surface area contributed by atoms with Gasteiger partial charge in [0.25, 0.3) is 5.91 Å². The molecule has 1 aliphatic heterocycles. The zero-order chi connectivity index (χ0) is 12.7. The number of aliphatic hydroxyl groups is 1. The van der Waals surface area contributed by atoms with E-state index >= 15 is 0 Å². The summed E-state index contributed by atoms with van der Waals surface area (Å²) in [7, 11) is 0. The smallest absolute Gasteiger partial charge is 0.287 e. The van der Waals surface area contributed by atoms with Gasteiger partial charge in [-0.25, -0.2) is 5.06 Å². The topological polar surface area (TPSA) is 49.8 Å². The molecule has 0 saturated carbocycles. The van der Waals surface area contributed by atoms with Gasteiger partial charge in [-0.15, -0.1) is 11.3 Å². The fourth-order valence-corrected chi connectivity index (χ4v) is 3.70. The average Bonchev–Trinajstić information content (AvgIpc) is 2.93. The van der Waals surface area contributed by atoms with Crippen LogP contribution in [0, 0.1) is 5.92 Å². The molecule has 4 nitrogen and oxygen atoms in total. The van der Waals surface area contributed by atoms with Gasteiger partial charge < -0.3 is 5.11 Å². The number of carbonyl (C=O) groups excluding carboxylic acids is 1. The summed E-state index contributed by atoms with van der Waals surface area (Å²) in [5, 5.41) is 10.7. The first kappa shape index (κ1) is 12.1. The van der Waals surface area contributed by atoms with E-state index in [1.807, 2.05) is 6.07 Å². The zero-order valence-electron chi connectivity index (χ0n) is 10.4. The first-order valence-corrected chi connectivity index (χ1v) is 7.19. The molecule has 0 aromatic carbocycles. The molecule has 0 spiro atoms. The standard InChI is InChI=1S/C13H17NO3S/c1-8-2-3-11-9(4-8)5-12(18-11)13(16)14-6-10(15)7-17-14/h5,8,10,15H,2-4,6-7H2,1H3/t8?,10-/m0/s1. The molecule has 1 N–H and O–H groups in total. The van der Waals surface area contributed by atoms with Crippen molar-refractivity contribution in [2.75, 3.05) is 13.2 Å². The van der Waals surface area contributed by atoms with Crippen molar-refractivity contribution in [3.05, 3.63) is 21.4 Å². The minimum Gasteiger partial charge on any atom is -0.389 e. The normalized spacial score (nSPS) is 27.3. The quantitative estimate of drug-likeness (QED) is 0.841. The second kappa shape index (κ2) is 4.64. The van der Waals surface area contributed by atoms with E-state index in [2.05, 4.69) is 6.92 Å². The van der Waals surface area contributed by atoms with Crippen LogP contribution in [0.3, 0.4) is 0 Å². The van der Waals surface area contributed by atoms with Gasteiger partial charge >= 0.3 is 0 Å². The number of aliphatic hydroxyl groups excluding tert-OH is 1. The number of carbonyl (C=O) groups is 1. The molecule has 98 valence electrons. The fourth-order valence-electron chi connectivity index (χ4n) is 2.55. The zero-order valence-corrected chi connectivity index (χ0v) is 11.2. The van der Waals surface area contributed by atoms with Crippen LogP contribution >= 0.6 is 11.3 Å². The number of hydroxylamine groups is 2. The number of thiophene rings is 1. The molecule has 2 heterocycles. The lowest BCUT2D eigenvalue weighted by atomic mass is 9.90. The van der Waals surface area contributed by atoms with Crippen LogP contribution in [0.15, 0.2) is 6.07 Å². The third kappa shape index (κ3) is 2.18. The van der Waals surface area contributed by atoms with E-state index in [0.717, 1.165) is 17.7 Å². The summed E-state index contributed by atoms with van der Waals surface area (Å²) in [6, 6.07) is 2.01. The average molecular weight is 267 g/mol. The molecule has 3 rings (SSSR count). The molecule has 2 atom stereocenters. The Morgan fingerprint density at radius 1 is 1.61 bits per heavy atom. The van der Waals surface area contributed by atoms with Gasteiger partial charge in [0.15, 0.2) is 0 Å². The summed E-state index contributed by atoms with van der Waals surface area (Å²) in [5.74, 6) is 0.596. The summed E-state index contributed by atoms with van der Waals surface area (Å²) < 4.78 is 0. The van der Waals surface area contributed by atoms with Crippen LogP contribution in [0.5, 0.6) is 0 Å². The van der Waals surface area contributed by atoms with Crippen LogP contribution in [0.25, 0.3) is 0 Å². The Balaban J connectivity index is 1.79. The Labute approximate surface area is 110 Å². The number of amides is 1. The third-order valence-electron chi connectivity index (χ3n) is 3.57. The van der Waals surface area contributed by atoms with Gasteiger partial charge in [0.05, 0.1) is 11.4 Å². The molecule has 1 unspecified atom stereocenters. The molecule has 1 aromatic heterocycles. The van der Waals surface area contributed by atoms with Crippen molar-refractivity contribution >= 4 is 17.2 Å². The van der Waals surface area contributed by atoms with Crippen molar-refractivity contribution in [2.45, 2.75) is 32.3 Å². The predicted molar refractivity (Wildman–Crippen MR) is 68.5 cm³/mol. The largest absolute Gasteiger partial charge is 0.389 e. The van der Waals surface area contributed by atoms with Crippen molar-refractivity contribution in [1.82, 2.24) is 5.06 Å². The van der Waals surface area contributed by atoms with Crippen LogP contribution in [0.2, 0.25) is 0 Å². The summed E-state index contributed by atoms with van der Waals surface area (Å²) in [6.45, 7) is 2.74. The van der Waals surface area contributed by atoms with E-state index in [-0.39, 0.29) is 19.1 Å². The Morgan fingerprint density at radius 2 is 2.44 bits per heavy atom. The molecular formula is C13H17NO3S. The molecule has 1 amide bonds. The molecule has 0 bridgehead atoms. The van der Waals surface area contributed by atoms with Gasteiger partial charge in [-0.05, 0) is 36.8 Å². The van der Waals surface area contributed by atoms with Gasteiger partial charge in [-0.1, -0.05) is 6.92 Å². The van der Waals surface area contributed by atoms with E-state index in [0.29, 0.717) is 5.92 Å². The lowest BCUT2D eigenvalue weighted by Gasteiger charge is -2.16. The number of hydrogen-bond acceptors (Lipinski definition) is 4. The number of rotatable bonds is 1. The third-order valence-corrected chi connectivity index (χ3v) is 4.79. The molecule has 1 fully saturated rings. The summed E-state index contributed by atoms with van der Waals surface area (Å²) in [6.07, 6.45) is 2.81. The van der Waals surface area contributed by atoms with E-state index in [9.17, 15) is 9.90 Å². The van der Waals surface area contributed by atoms with Gasteiger partial charge in [-0.3, -0.25) is 9.63 Å². The lowest BCUT2D eigenvalue weighted by molar-refractivity contribution is -0.0776. The van der Waals surface area contributed by atoms with Crippen molar-refractivity contribution in [3.63, 3.8) is 0 Å². The number of hydrogen-bond donors (Lipinski definition) is 1. The minimum atomic E-state index is -0.552. The monoisotopic (exact) mass is 267 g/mol. The number of fused-ring (bicyclic) bond motifs is 1. The Morgan fingerprint density at radius 3 is 3.17 bits per heavy atom. The summed E-state index contributed by atoms with van der Waals surface area (Å²) >= 11 is 1.58. The number of β-amino-alcohol motifs (C(OH)–C–C–N with tert-alkyl or cyclic N) is 1. The maximum atomic E-state index is 12.2. The molecule has 18 heavy (non-hydrogen) atoms. The lowest BCUT2D eigenvalue weighted by Crippen LogP contribution is -2.27. The van der Waals surface area contributed by atoms with E-state index in [1.54, 1.807) is 11.3 Å². The van der Waals surface area contributed by atoms with E-state index in [1.165, 1.54) is 21.9 Å². The Kier molecular flexibility index (Phi) is 3.13. The second-order valence-electron chi connectivity index (χ2n) is 5.22. The van der Waals surface area contributed by atoms with Crippen LogP contribution in [0.4, 0.5) is 0 Å². The van der Waals surface area contributed by atoms with Gasteiger partial charge in [-0.2, -0.15) is 0 Å². The minimum absolute atomic E-state index is 0.112. The maximum Gasteiger partial charge on any atom is 0.287 e. The highest BCUT2D eigenvalue weighted by Gasteiger charge is 2.29. The van der Waals surface area contributed by atoms with Crippen LogP contribution in [-0.2, 0) is 17.7 Å². The van der Waals surface area contributed by atoms with Crippen molar-refractivity contribution < 1.29 is 14.7 Å². The van der Waals surface area contributed by atoms with Gasteiger partial charge in [0.2, 0.25) is 0 Å². The highest BCUT2D eigenvalue weighted by molar-refractivity contribution is 7.14.